The van der Waals surface area contributed by atoms with Crippen LogP contribution in [0.25, 0.3) is 0 Å². The second-order valence-corrected chi connectivity index (χ2v) is 10.0. The number of piperidine rings is 1. The molecule has 1 aromatic rings. The third-order valence-electron chi connectivity index (χ3n) is 7.35. The molecule has 0 radical (unpaired) electrons. The van der Waals surface area contributed by atoms with Gasteiger partial charge in [0.25, 0.3) is 6.20 Å². The predicted octanol–water partition coefficient (Wildman–Crippen LogP) is 4.46. The smallest absolute Gasteiger partial charge is 0.274 e. The highest BCUT2D eigenvalue weighted by Crippen LogP contribution is 2.34. The first kappa shape index (κ1) is 27.4. The van der Waals surface area contributed by atoms with Crippen molar-refractivity contribution < 1.29 is 14.4 Å². The Hall–Kier alpha value is -2.16. The zero-order valence-electron chi connectivity index (χ0n) is 21.3. The number of nitrogens with zero attached hydrogens (tertiary/aromatic N) is 2. The third kappa shape index (κ3) is 9.09. The number of hydrogen-bond donors (Lipinski definition) is 2. The molecule has 35 heavy (non-hydrogen) atoms. The first-order valence-electron chi connectivity index (χ1n) is 13.3. The Morgan fingerprint density at radius 3 is 2.66 bits per heavy atom. The molecule has 0 bridgehead atoms. The molecule has 0 amide bonds. The Morgan fingerprint density at radius 1 is 1.20 bits per heavy atom. The van der Waals surface area contributed by atoms with Crippen LogP contribution >= 0.6 is 0 Å². The molecule has 1 aliphatic carbocycles. The summed E-state index contributed by atoms with van der Waals surface area (Å²) in [5, 5.41) is 15.0. The van der Waals surface area contributed by atoms with Crippen molar-refractivity contribution in [3.63, 3.8) is 0 Å². The van der Waals surface area contributed by atoms with Gasteiger partial charge in [-0.25, -0.2) is 0 Å². The Morgan fingerprint density at radius 2 is 1.97 bits per heavy atom. The average molecular weight is 489 g/mol. The summed E-state index contributed by atoms with van der Waals surface area (Å²) < 4.78 is 11.6. The second kappa shape index (κ2) is 15.1. The van der Waals surface area contributed by atoms with E-state index in [4.69, 9.17) is 15.2 Å². The zero-order valence-corrected chi connectivity index (χ0v) is 21.3. The highest BCUT2D eigenvalue weighted by atomic mass is 16.6. The van der Waals surface area contributed by atoms with Crippen molar-refractivity contribution in [3.05, 3.63) is 58.0 Å². The van der Waals surface area contributed by atoms with Crippen LogP contribution in [0.15, 0.2) is 42.4 Å². The highest BCUT2D eigenvalue weighted by molar-refractivity contribution is 5.19. The number of benzene rings is 1. The number of methoxy groups -OCH3 is 1. The lowest BCUT2D eigenvalue weighted by atomic mass is 9.85. The van der Waals surface area contributed by atoms with Crippen LogP contribution in [0.1, 0.15) is 69.5 Å². The van der Waals surface area contributed by atoms with Crippen molar-refractivity contribution >= 4 is 0 Å². The Labute approximate surface area is 210 Å². The first-order chi connectivity index (χ1) is 17.1. The van der Waals surface area contributed by atoms with E-state index >= 15 is 0 Å². The summed E-state index contributed by atoms with van der Waals surface area (Å²) >= 11 is 0. The molecule has 3 atom stereocenters. The van der Waals surface area contributed by atoms with Crippen molar-refractivity contribution in [2.24, 2.45) is 17.6 Å². The number of nitro groups is 1. The van der Waals surface area contributed by atoms with E-state index in [1.807, 2.05) is 18.2 Å². The minimum absolute atomic E-state index is 0.0416. The van der Waals surface area contributed by atoms with E-state index in [-0.39, 0.29) is 23.0 Å². The van der Waals surface area contributed by atoms with Crippen LogP contribution in [-0.4, -0.2) is 55.8 Å². The van der Waals surface area contributed by atoms with E-state index < -0.39 is 0 Å². The van der Waals surface area contributed by atoms with Gasteiger partial charge in [0, 0.05) is 51.9 Å². The number of likely N-dealkylation sites (tertiary alicyclic amines) is 1. The van der Waals surface area contributed by atoms with E-state index in [2.05, 4.69) is 22.3 Å². The van der Waals surface area contributed by atoms with Gasteiger partial charge < -0.3 is 25.4 Å². The molecule has 0 spiro atoms. The van der Waals surface area contributed by atoms with Crippen LogP contribution in [-0.2, 0) is 9.47 Å². The molecule has 3 N–H and O–H groups in total. The summed E-state index contributed by atoms with van der Waals surface area (Å²) in [5.74, 6) is 1.47. The van der Waals surface area contributed by atoms with Crippen molar-refractivity contribution in [1.82, 2.24) is 10.2 Å². The normalized spacial score (nSPS) is 21.5. The summed E-state index contributed by atoms with van der Waals surface area (Å²) in [6, 6.07) is 10.4. The maximum Gasteiger partial charge on any atom is 0.274 e. The standard InChI is InChI=1S/C27H44N4O4/c1-34-16-9-17-35-27(23-12-6-3-7-13-23)24-14-8-15-30(20-24)26(21-31(32)33)29-25(19-28)18-22-10-4-2-5-11-22/h3,6-7,12-13,21-22,24-25,27,29H,2,4-5,8-11,14-20,28H2,1H3/b26-21-. The summed E-state index contributed by atoms with van der Waals surface area (Å²) in [6.45, 7) is 3.25. The number of nitrogens with two attached hydrogens (primary N) is 1. The molecule has 1 saturated carbocycles. The SMILES string of the molecule is COCCCOC(c1ccccc1)C1CCCN(/C(=C\[N+](=O)[O-])NC(CN)CC2CCCCC2)C1. The number of hydrogen-bond acceptors (Lipinski definition) is 7. The van der Waals surface area contributed by atoms with E-state index in [1.54, 1.807) is 7.11 Å². The second-order valence-electron chi connectivity index (χ2n) is 10.0. The number of rotatable bonds is 14. The molecule has 2 aliphatic rings. The van der Waals surface area contributed by atoms with Crippen molar-refractivity contribution in [1.29, 1.82) is 0 Å². The van der Waals surface area contributed by atoms with Gasteiger partial charge in [-0.05, 0) is 37.2 Å². The minimum Gasteiger partial charge on any atom is -0.385 e. The van der Waals surface area contributed by atoms with Gasteiger partial charge >= 0.3 is 0 Å². The summed E-state index contributed by atoms with van der Waals surface area (Å²) in [5.41, 5.74) is 7.28. The molecule has 1 saturated heterocycles. The van der Waals surface area contributed by atoms with Crippen LogP contribution in [0.4, 0.5) is 0 Å². The molecule has 1 aliphatic heterocycles. The minimum atomic E-state index is -0.351. The lowest BCUT2D eigenvalue weighted by Crippen LogP contribution is -2.46. The molecular weight excluding hydrogens is 444 g/mol. The molecule has 2 fully saturated rings. The predicted molar refractivity (Wildman–Crippen MR) is 138 cm³/mol. The van der Waals surface area contributed by atoms with Gasteiger partial charge in [0.2, 0.25) is 0 Å². The molecule has 8 nitrogen and oxygen atoms in total. The number of ether oxygens (including phenoxy) is 2. The van der Waals surface area contributed by atoms with Gasteiger partial charge in [-0.2, -0.15) is 0 Å². The molecule has 196 valence electrons. The molecule has 1 heterocycles. The van der Waals surface area contributed by atoms with Gasteiger partial charge in [-0.1, -0.05) is 62.4 Å². The van der Waals surface area contributed by atoms with E-state index in [0.717, 1.165) is 44.0 Å². The van der Waals surface area contributed by atoms with Gasteiger partial charge in [-0.3, -0.25) is 10.1 Å². The number of nitrogens with one attached hydrogen (secondary N) is 1. The lowest BCUT2D eigenvalue weighted by molar-refractivity contribution is -0.404. The molecule has 3 rings (SSSR count). The molecule has 0 aromatic heterocycles. The van der Waals surface area contributed by atoms with Crippen LogP contribution < -0.4 is 11.1 Å². The summed E-state index contributed by atoms with van der Waals surface area (Å²) in [7, 11) is 1.70. The Bertz CT molecular complexity index is 770. The maximum atomic E-state index is 11.5. The van der Waals surface area contributed by atoms with E-state index in [9.17, 15) is 10.1 Å². The van der Waals surface area contributed by atoms with Gasteiger partial charge in [0.15, 0.2) is 5.82 Å². The van der Waals surface area contributed by atoms with E-state index in [0.29, 0.717) is 38.0 Å². The fourth-order valence-electron chi connectivity index (χ4n) is 5.60. The van der Waals surface area contributed by atoms with E-state index in [1.165, 1.54) is 32.1 Å². The lowest BCUT2D eigenvalue weighted by Gasteiger charge is -2.39. The summed E-state index contributed by atoms with van der Waals surface area (Å²) in [4.78, 5) is 13.3. The molecule has 3 unspecified atom stereocenters. The molecule has 8 heteroatoms. The zero-order chi connectivity index (χ0) is 24.9. The van der Waals surface area contributed by atoms with Crippen molar-refractivity contribution in [3.8, 4) is 0 Å². The van der Waals surface area contributed by atoms with Gasteiger partial charge in [0.1, 0.15) is 0 Å². The fraction of sp³-hybridized carbons (Fsp3) is 0.704. The monoisotopic (exact) mass is 488 g/mol. The average Bonchev–Trinajstić information content (AvgIpc) is 2.89. The van der Waals surface area contributed by atoms with Gasteiger partial charge in [-0.15, -0.1) is 0 Å². The first-order valence-corrected chi connectivity index (χ1v) is 13.3. The third-order valence-corrected chi connectivity index (χ3v) is 7.35. The Kier molecular flexibility index (Phi) is 11.8. The van der Waals surface area contributed by atoms with Crippen LogP contribution in [0.5, 0.6) is 0 Å². The highest BCUT2D eigenvalue weighted by Gasteiger charge is 2.31. The topological polar surface area (TPSA) is 103 Å². The Balaban J connectivity index is 1.70. The summed E-state index contributed by atoms with van der Waals surface area (Å²) in [6.07, 6.45) is 11.2. The maximum absolute atomic E-state index is 11.5. The quantitative estimate of drug-likeness (QED) is 0.226. The van der Waals surface area contributed by atoms with Crippen molar-refractivity contribution in [2.75, 3.05) is 40.0 Å². The molecular formula is C27H44N4O4. The molecule has 1 aromatic carbocycles. The fourth-order valence-corrected chi connectivity index (χ4v) is 5.60. The van der Waals surface area contributed by atoms with Crippen molar-refractivity contribution in [2.45, 2.75) is 69.9 Å². The van der Waals surface area contributed by atoms with Gasteiger partial charge in [0.05, 0.1) is 11.0 Å². The largest absolute Gasteiger partial charge is 0.385 e. The van der Waals surface area contributed by atoms with Crippen LogP contribution in [0.3, 0.4) is 0 Å². The van der Waals surface area contributed by atoms with Crippen LogP contribution in [0, 0.1) is 22.0 Å². The van der Waals surface area contributed by atoms with Crippen LogP contribution in [0.2, 0.25) is 0 Å².